The van der Waals surface area contributed by atoms with E-state index in [1.165, 1.54) is 6.21 Å². The molecule has 0 unspecified atom stereocenters. The summed E-state index contributed by atoms with van der Waals surface area (Å²) in [4.78, 5) is 16.5. The molecular formula is C14H9Br2NO2. The highest BCUT2D eigenvalue weighted by Crippen LogP contribution is 2.13. The summed E-state index contributed by atoms with van der Waals surface area (Å²) in [7, 11) is 0. The number of halogens is 2. The lowest BCUT2D eigenvalue weighted by Crippen LogP contribution is -2.00. The van der Waals surface area contributed by atoms with Crippen molar-refractivity contribution in [1.29, 1.82) is 0 Å². The predicted octanol–water partition coefficient (Wildman–Crippen LogP) is 4.40. The highest BCUT2D eigenvalue weighted by Gasteiger charge is 2.06. The Labute approximate surface area is 127 Å². The minimum atomic E-state index is -0.493. The van der Waals surface area contributed by atoms with Crippen LogP contribution < -0.4 is 0 Å². The molecule has 0 amide bonds. The van der Waals surface area contributed by atoms with Gasteiger partial charge in [0.15, 0.2) is 0 Å². The molecule has 0 saturated carbocycles. The number of benzene rings is 2. The molecule has 0 bridgehead atoms. The van der Waals surface area contributed by atoms with Crippen LogP contribution in [0, 0.1) is 0 Å². The molecule has 0 aliphatic heterocycles. The first-order valence-corrected chi connectivity index (χ1v) is 6.99. The fourth-order valence-corrected chi connectivity index (χ4v) is 2.21. The third-order valence-corrected chi connectivity index (χ3v) is 3.23. The summed E-state index contributed by atoms with van der Waals surface area (Å²) in [5.74, 6) is -0.493. The smallest absolute Gasteiger partial charge is 0.313 e. The number of hydrogen-bond donors (Lipinski definition) is 0. The van der Waals surface area contributed by atoms with Gasteiger partial charge in [-0.3, -0.25) is 0 Å². The van der Waals surface area contributed by atoms with E-state index < -0.39 is 5.97 Å². The molecule has 5 heteroatoms. The predicted molar refractivity (Wildman–Crippen MR) is 81.3 cm³/mol. The van der Waals surface area contributed by atoms with Crippen molar-refractivity contribution in [3.8, 4) is 0 Å². The van der Waals surface area contributed by atoms with E-state index in [1.807, 2.05) is 30.3 Å². The largest absolute Gasteiger partial charge is 0.365 e. The normalized spacial score (nSPS) is 10.6. The SMILES string of the molecule is O=C(O/N=C/c1cccc(Br)c1)c1cccc(Br)c1. The molecule has 0 fully saturated rings. The fourth-order valence-electron chi connectivity index (χ4n) is 1.39. The Hall–Kier alpha value is -1.46. The summed E-state index contributed by atoms with van der Waals surface area (Å²) in [6.07, 6.45) is 1.49. The lowest BCUT2D eigenvalue weighted by atomic mass is 10.2. The third-order valence-electron chi connectivity index (χ3n) is 2.25. The van der Waals surface area contributed by atoms with Crippen molar-refractivity contribution < 1.29 is 9.63 Å². The maximum atomic E-state index is 11.7. The van der Waals surface area contributed by atoms with Crippen molar-refractivity contribution >= 4 is 44.0 Å². The molecule has 0 N–H and O–H groups in total. The zero-order chi connectivity index (χ0) is 13.7. The van der Waals surface area contributed by atoms with E-state index in [2.05, 4.69) is 37.0 Å². The molecule has 2 aromatic carbocycles. The molecule has 19 heavy (non-hydrogen) atoms. The number of oxime groups is 1. The second-order valence-corrected chi connectivity index (χ2v) is 5.51. The van der Waals surface area contributed by atoms with Crippen molar-refractivity contribution in [2.45, 2.75) is 0 Å². The molecule has 0 heterocycles. The first-order valence-electron chi connectivity index (χ1n) is 5.41. The Morgan fingerprint density at radius 3 is 2.42 bits per heavy atom. The van der Waals surface area contributed by atoms with Gasteiger partial charge >= 0.3 is 5.97 Å². The van der Waals surface area contributed by atoms with Crippen molar-refractivity contribution in [2.24, 2.45) is 5.16 Å². The first kappa shape index (κ1) is 14.0. The quantitative estimate of drug-likeness (QED) is 0.448. The minimum Gasteiger partial charge on any atom is -0.313 e. The Morgan fingerprint density at radius 2 is 1.74 bits per heavy atom. The van der Waals surface area contributed by atoms with E-state index in [1.54, 1.807) is 18.2 Å². The number of rotatable bonds is 3. The number of nitrogens with zero attached hydrogens (tertiary/aromatic N) is 1. The second kappa shape index (κ2) is 6.63. The zero-order valence-electron chi connectivity index (χ0n) is 9.72. The molecule has 96 valence electrons. The fraction of sp³-hybridized carbons (Fsp3) is 0. The lowest BCUT2D eigenvalue weighted by Gasteiger charge is -1.98. The molecule has 0 aromatic heterocycles. The summed E-state index contributed by atoms with van der Waals surface area (Å²) >= 11 is 6.64. The average Bonchev–Trinajstić information content (AvgIpc) is 2.38. The highest BCUT2D eigenvalue weighted by atomic mass is 79.9. The van der Waals surface area contributed by atoms with Gasteiger partial charge in [0.25, 0.3) is 0 Å². The monoisotopic (exact) mass is 381 g/mol. The first-order chi connectivity index (χ1) is 9.15. The van der Waals surface area contributed by atoms with E-state index in [-0.39, 0.29) is 0 Å². The maximum Gasteiger partial charge on any atom is 0.365 e. The van der Waals surface area contributed by atoms with Gasteiger partial charge in [-0.15, -0.1) is 0 Å². The van der Waals surface area contributed by atoms with Gasteiger partial charge in [0.1, 0.15) is 0 Å². The van der Waals surface area contributed by atoms with E-state index in [0.717, 1.165) is 14.5 Å². The third kappa shape index (κ3) is 4.29. The molecule has 0 saturated heterocycles. The van der Waals surface area contributed by atoms with Crippen LogP contribution >= 0.6 is 31.9 Å². The van der Waals surface area contributed by atoms with E-state index in [4.69, 9.17) is 4.84 Å². The molecule has 2 rings (SSSR count). The van der Waals surface area contributed by atoms with Gasteiger partial charge in [-0.25, -0.2) is 4.79 Å². The van der Waals surface area contributed by atoms with Crippen LogP contribution in [0.5, 0.6) is 0 Å². The Kier molecular flexibility index (Phi) is 4.87. The zero-order valence-corrected chi connectivity index (χ0v) is 12.9. The standard InChI is InChI=1S/C14H9Br2NO2/c15-12-5-1-3-10(7-12)9-17-19-14(18)11-4-2-6-13(16)8-11/h1-9H/b17-9+. The number of hydrogen-bond acceptors (Lipinski definition) is 3. The molecule has 0 aliphatic rings. The van der Waals surface area contributed by atoms with Crippen molar-refractivity contribution in [3.05, 3.63) is 68.6 Å². The summed E-state index contributed by atoms with van der Waals surface area (Å²) in [6, 6.07) is 14.5. The molecule has 0 spiro atoms. The van der Waals surface area contributed by atoms with Crippen molar-refractivity contribution in [2.75, 3.05) is 0 Å². The van der Waals surface area contributed by atoms with Crippen molar-refractivity contribution in [3.63, 3.8) is 0 Å². The van der Waals surface area contributed by atoms with Crippen LogP contribution in [0.3, 0.4) is 0 Å². The maximum absolute atomic E-state index is 11.7. The van der Waals surface area contributed by atoms with Crippen LogP contribution in [0.25, 0.3) is 0 Å². The summed E-state index contributed by atoms with van der Waals surface area (Å²) in [6.45, 7) is 0. The highest BCUT2D eigenvalue weighted by molar-refractivity contribution is 9.10. The topological polar surface area (TPSA) is 38.7 Å². The van der Waals surface area contributed by atoms with Crippen LogP contribution in [0.1, 0.15) is 15.9 Å². The van der Waals surface area contributed by atoms with E-state index in [9.17, 15) is 4.79 Å². The van der Waals surface area contributed by atoms with Gasteiger partial charge in [-0.05, 0) is 35.9 Å². The van der Waals surface area contributed by atoms with Crippen LogP contribution in [0.4, 0.5) is 0 Å². The molecular weight excluding hydrogens is 374 g/mol. The number of carbonyl (C=O) groups excluding carboxylic acids is 1. The Bertz CT molecular complexity index is 626. The van der Waals surface area contributed by atoms with Crippen LogP contribution in [-0.4, -0.2) is 12.2 Å². The average molecular weight is 383 g/mol. The Balaban J connectivity index is 2.01. The van der Waals surface area contributed by atoms with Gasteiger partial charge in [0.05, 0.1) is 11.8 Å². The molecule has 0 radical (unpaired) electrons. The molecule has 0 aliphatic carbocycles. The Morgan fingerprint density at radius 1 is 1.05 bits per heavy atom. The summed E-state index contributed by atoms with van der Waals surface area (Å²) < 4.78 is 1.76. The second-order valence-electron chi connectivity index (χ2n) is 3.68. The van der Waals surface area contributed by atoms with Crippen LogP contribution in [0.15, 0.2) is 62.6 Å². The summed E-state index contributed by atoms with van der Waals surface area (Å²) in [5.41, 5.74) is 1.29. The van der Waals surface area contributed by atoms with Gasteiger partial charge in [-0.1, -0.05) is 55.2 Å². The molecule has 2 aromatic rings. The summed E-state index contributed by atoms with van der Waals surface area (Å²) in [5, 5.41) is 3.68. The van der Waals surface area contributed by atoms with Gasteiger partial charge in [0, 0.05) is 8.95 Å². The number of carbonyl (C=O) groups is 1. The van der Waals surface area contributed by atoms with Gasteiger partial charge in [0.2, 0.25) is 0 Å². The molecule has 3 nitrogen and oxygen atoms in total. The van der Waals surface area contributed by atoms with Gasteiger partial charge < -0.3 is 4.84 Å². The van der Waals surface area contributed by atoms with Crippen LogP contribution in [0.2, 0.25) is 0 Å². The van der Waals surface area contributed by atoms with Gasteiger partial charge in [-0.2, -0.15) is 0 Å². The molecule has 0 atom stereocenters. The van der Waals surface area contributed by atoms with E-state index >= 15 is 0 Å². The van der Waals surface area contributed by atoms with Crippen molar-refractivity contribution in [1.82, 2.24) is 0 Å². The lowest BCUT2D eigenvalue weighted by molar-refractivity contribution is 0.0519. The minimum absolute atomic E-state index is 0.445. The van der Waals surface area contributed by atoms with E-state index in [0.29, 0.717) is 5.56 Å². The van der Waals surface area contributed by atoms with Crippen LogP contribution in [-0.2, 0) is 4.84 Å².